The highest BCUT2D eigenvalue weighted by molar-refractivity contribution is 5.46. The number of hydrogen-bond acceptors (Lipinski definition) is 4. The largest absolute Gasteiger partial charge is 0.384 e. The van der Waals surface area contributed by atoms with Crippen LogP contribution in [0.2, 0.25) is 0 Å². The summed E-state index contributed by atoms with van der Waals surface area (Å²) in [6.07, 6.45) is 1.87. The average molecular weight is 268 g/mol. The molecule has 0 spiro atoms. The van der Waals surface area contributed by atoms with Gasteiger partial charge in [0.05, 0.1) is 0 Å². The topological polar surface area (TPSA) is 45.4 Å². The smallest absolute Gasteiger partial charge is 0.123 e. The molecule has 1 aromatic heterocycles. The van der Waals surface area contributed by atoms with Crippen LogP contribution < -0.4 is 10.6 Å². The summed E-state index contributed by atoms with van der Waals surface area (Å²) in [7, 11) is 0. The highest BCUT2D eigenvalue weighted by atomic mass is 15.3. The van der Waals surface area contributed by atoms with E-state index < -0.39 is 0 Å². The molecule has 4 nitrogen and oxygen atoms in total. The van der Waals surface area contributed by atoms with Gasteiger partial charge in [-0.1, -0.05) is 24.3 Å². The number of piperazine rings is 1. The standard InChI is InChI=1S/C16H20N4/c17-16-7-6-14(12-18-16)13-19-8-10-20(11-9-19)15-4-2-1-3-5-15/h1-7,12H,8-11,13H2,(H2,17,18). The Balaban J connectivity index is 1.55. The van der Waals surface area contributed by atoms with Crippen LogP contribution in [0, 0.1) is 0 Å². The molecule has 0 bridgehead atoms. The van der Waals surface area contributed by atoms with E-state index in [9.17, 15) is 0 Å². The minimum atomic E-state index is 0.586. The van der Waals surface area contributed by atoms with Crippen molar-refractivity contribution >= 4 is 11.5 Å². The highest BCUT2D eigenvalue weighted by Gasteiger charge is 2.17. The van der Waals surface area contributed by atoms with Gasteiger partial charge in [0, 0.05) is 44.6 Å². The Morgan fingerprint density at radius 1 is 0.950 bits per heavy atom. The van der Waals surface area contributed by atoms with Crippen LogP contribution in [0.4, 0.5) is 11.5 Å². The first-order valence-electron chi connectivity index (χ1n) is 7.04. The number of hydrogen-bond donors (Lipinski definition) is 1. The fourth-order valence-corrected chi connectivity index (χ4v) is 2.59. The van der Waals surface area contributed by atoms with E-state index in [0.29, 0.717) is 5.82 Å². The zero-order valence-electron chi connectivity index (χ0n) is 11.6. The maximum absolute atomic E-state index is 5.61. The van der Waals surface area contributed by atoms with Crippen LogP contribution in [0.25, 0.3) is 0 Å². The summed E-state index contributed by atoms with van der Waals surface area (Å²) in [4.78, 5) is 9.05. The third kappa shape index (κ3) is 3.08. The van der Waals surface area contributed by atoms with Gasteiger partial charge < -0.3 is 10.6 Å². The molecule has 0 aliphatic carbocycles. The third-order valence-electron chi connectivity index (χ3n) is 3.75. The van der Waals surface area contributed by atoms with Crippen LogP contribution in [-0.2, 0) is 6.54 Å². The molecule has 0 amide bonds. The maximum Gasteiger partial charge on any atom is 0.123 e. The number of nitrogen functional groups attached to an aromatic ring is 1. The number of anilines is 2. The van der Waals surface area contributed by atoms with Crippen LogP contribution in [0.15, 0.2) is 48.7 Å². The lowest BCUT2D eigenvalue weighted by Crippen LogP contribution is -2.45. The number of benzene rings is 1. The van der Waals surface area contributed by atoms with Gasteiger partial charge in [-0.3, -0.25) is 4.90 Å². The fraction of sp³-hybridized carbons (Fsp3) is 0.312. The molecule has 2 N–H and O–H groups in total. The molecular weight excluding hydrogens is 248 g/mol. The van der Waals surface area contributed by atoms with Gasteiger partial charge >= 0.3 is 0 Å². The summed E-state index contributed by atoms with van der Waals surface area (Å²) in [5, 5.41) is 0. The van der Waals surface area contributed by atoms with Crippen molar-refractivity contribution in [3.05, 3.63) is 54.2 Å². The Bertz CT molecular complexity index is 530. The molecule has 1 aromatic carbocycles. The first-order valence-corrected chi connectivity index (χ1v) is 7.04. The van der Waals surface area contributed by atoms with Gasteiger partial charge in [0.1, 0.15) is 5.82 Å². The van der Waals surface area contributed by atoms with Gasteiger partial charge in [0.25, 0.3) is 0 Å². The highest BCUT2D eigenvalue weighted by Crippen LogP contribution is 2.16. The molecule has 2 aromatic rings. The number of pyridine rings is 1. The third-order valence-corrected chi connectivity index (χ3v) is 3.75. The monoisotopic (exact) mass is 268 g/mol. The summed E-state index contributed by atoms with van der Waals surface area (Å²) >= 11 is 0. The van der Waals surface area contributed by atoms with E-state index in [2.05, 4.69) is 51.2 Å². The number of nitrogens with zero attached hydrogens (tertiary/aromatic N) is 3. The second-order valence-corrected chi connectivity index (χ2v) is 5.19. The Morgan fingerprint density at radius 2 is 1.70 bits per heavy atom. The minimum absolute atomic E-state index is 0.586. The summed E-state index contributed by atoms with van der Waals surface area (Å²) in [6.45, 7) is 5.27. The molecule has 0 radical (unpaired) electrons. The summed E-state index contributed by atoms with van der Waals surface area (Å²) in [5.41, 5.74) is 8.16. The van der Waals surface area contributed by atoms with Gasteiger partial charge in [-0.15, -0.1) is 0 Å². The lowest BCUT2D eigenvalue weighted by atomic mass is 10.2. The molecule has 1 aliphatic rings. The molecule has 0 saturated carbocycles. The maximum atomic E-state index is 5.61. The lowest BCUT2D eigenvalue weighted by molar-refractivity contribution is 0.249. The summed E-state index contributed by atoms with van der Waals surface area (Å²) < 4.78 is 0. The van der Waals surface area contributed by atoms with Crippen molar-refractivity contribution in [2.45, 2.75) is 6.54 Å². The average Bonchev–Trinajstić information content (AvgIpc) is 2.51. The quantitative estimate of drug-likeness (QED) is 0.924. The van der Waals surface area contributed by atoms with Gasteiger partial charge in [-0.25, -0.2) is 4.98 Å². The van der Waals surface area contributed by atoms with Crippen LogP contribution in [0.5, 0.6) is 0 Å². The Labute approximate surface area is 119 Å². The van der Waals surface area contributed by atoms with Crippen LogP contribution in [0.3, 0.4) is 0 Å². The predicted octanol–water partition coefficient (Wildman–Crippen LogP) is 1.99. The number of rotatable bonds is 3. The molecule has 1 aliphatic heterocycles. The zero-order chi connectivity index (χ0) is 13.8. The molecule has 104 valence electrons. The second-order valence-electron chi connectivity index (χ2n) is 5.19. The number of aromatic nitrogens is 1. The number of nitrogens with two attached hydrogens (primary N) is 1. The van der Waals surface area contributed by atoms with E-state index in [-0.39, 0.29) is 0 Å². The van der Waals surface area contributed by atoms with E-state index in [1.807, 2.05) is 12.3 Å². The van der Waals surface area contributed by atoms with Gasteiger partial charge in [0.2, 0.25) is 0 Å². The molecule has 0 atom stereocenters. The van der Waals surface area contributed by atoms with Crippen molar-refractivity contribution in [2.75, 3.05) is 36.8 Å². The van der Waals surface area contributed by atoms with Crippen LogP contribution in [-0.4, -0.2) is 36.1 Å². The molecule has 1 fully saturated rings. The Kier molecular flexibility index (Phi) is 3.83. The van der Waals surface area contributed by atoms with E-state index in [4.69, 9.17) is 5.73 Å². The molecule has 4 heteroatoms. The molecule has 0 unspecified atom stereocenters. The van der Waals surface area contributed by atoms with Crippen molar-refractivity contribution in [3.8, 4) is 0 Å². The summed E-state index contributed by atoms with van der Waals surface area (Å²) in [6, 6.07) is 14.6. The first kappa shape index (κ1) is 12.9. The van der Waals surface area contributed by atoms with E-state index in [0.717, 1.165) is 32.7 Å². The normalized spacial score (nSPS) is 16.3. The van der Waals surface area contributed by atoms with Crippen LogP contribution >= 0.6 is 0 Å². The van der Waals surface area contributed by atoms with Crippen molar-refractivity contribution in [3.63, 3.8) is 0 Å². The van der Waals surface area contributed by atoms with Gasteiger partial charge in [-0.2, -0.15) is 0 Å². The molecule has 1 saturated heterocycles. The lowest BCUT2D eigenvalue weighted by Gasteiger charge is -2.36. The molecular formula is C16H20N4. The Morgan fingerprint density at radius 3 is 2.35 bits per heavy atom. The van der Waals surface area contributed by atoms with E-state index in [1.165, 1.54) is 11.3 Å². The minimum Gasteiger partial charge on any atom is -0.384 e. The summed E-state index contributed by atoms with van der Waals surface area (Å²) in [5.74, 6) is 0.586. The van der Waals surface area contributed by atoms with Crippen molar-refractivity contribution in [1.29, 1.82) is 0 Å². The fourth-order valence-electron chi connectivity index (χ4n) is 2.59. The van der Waals surface area contributed by atoms with E-state index in [1.54, 1.807) is 0 Å². The van der Waals surface area contributed by atoms with Gasteiger partial charge in [0.15, 0.2) is 0 Å². The number of para-hydroxylation sites is 1. The van der Waals surface area contributed by atoms with Crippen molar-refractivity contribution in [1.82, 2.24) is 9.88 Å². The molecule has 2 heterocycles. The van der Waals surface area contributed by atoms with E-state index >= 15 is 0 Å². The predicted molar refractivity (Wildman–Crippen MR) is 82.6 cm³/mol. The van der Waals surface area contributed by atoms with Crippen molar-refractivity contribution < 1.29 is 0 Å². The molecule has 3 rings (SSSR count). The molecule has 20 heavy (non-hydrogen) atoms. The second kappa shape index (κ2) is 5.92. The van der Waals surface area contributed by atoms with Crippen LogP contribution in [0.1, 0.15) is 5.56 Å². The van der Waals surface area contributed by atoms with Crippen molar-refractivity contribution in [2.24, 2.45) is 0 Å². The zero-order valence-corrected chi connectivity index (χ0v) is 11.6. The Hall–Kier alpha value is -2.07. The van der Waals surface area contributed by atoms with Gasteiger partial charge in [-0.05, 0) is 23.8 Å². The first-order chi connectivity index (χ1) is 9.81. The SMILES string of the molecule is Nc1ccc(CN2CCN(c3ccccc3)CC2)cn1.